The minimum Gasteiger partial charge on any atom is -0.352 e. The van der Waals surface area contributed by atoms with Gasteiger partial charge in [-0.1, -0.05) is 31.9 Å². The van der Waals surface area contributed by atoms with Crippen molar-refractivity contribution in [2.45, 2.75) is 45.2 Å². The third kappa shape index (κ3) is 3.03. The number of fused-ring (bicyclic) bond motifs is 1. The van der Waals surface area contributed by atoms with Crippen molar-refractivity contribution >= 4 is 16.8 Å². The molecule has 0 radical (unpaired) electrons. The normalized spacial score (nSPS) is 21.7. The molecule has 1 aliphatic rings. The Balaban J connectivity index is 1.74. The molecule has 0 spiro atoms. The first-order valence-electron chi connectivity index (χ1n) is 7.88. The van der Waals surface area contributed by atoms with Crippen LogP contribution in [0.1, 0.15) is 32.6 Å². The molecule has 1 aliphatic carbocycles. The number of nitrogens with zero attached hydrogens (tertiary/aromatic N) is 2. The lowest BCUT2D eigenvalue weighted by Crippen LogP contribution is -2.43. The minimum atomic E-state index is -0.169. The van der Waals surface area contributed by atoms with Gasteiger partial charge >= 0.3 is 0 Å². The molecule has 0 saturated heterocycles. The highest BCUT2D eigenvalue weighted by Gasteiger charge is 2.22. The van der Waals surface area contributed by atoms with Crippen LogP contribution in [0.2, 0.25) is 0 Å². The molecular weight excluding hydrogens is 278 g/mol. The standard InChI is InChI=1S/C17H21N3O2/c1-12-6-2-4-8-14(12)19-16(21)10-20-11-18-15-9-5-3-7-13(15)17(20)22/h3,5,7,9,11-12,14H,2,4,6,8,10H2,1H3,(H,19,21)/t12-,14-/m1/s1. The van der Waals surface area contributed by atoms with Crippen LogP contribution >= 0.6 is 0 Å². The van der Waals surface area contributed by atoms with Crippen LogP contribution in [0, 0.1) is 5.92 Å². The van der Waals surface area contributed by atoms with Crippen LogP contribution in [0.25, 0.3) is 10.9 Å². The summed E-state index contributed by atoms with van der Waals surface area (Å²) in [7, 11) is 0. The highest BCUT2D eigenvalue weighted by molar-refractivity contribution is 5.79. The van der Waals surface area contributed by atoms with E-state index in [-0.39, 0.29) is 24.1 Å². The van der Waals surface area contributed by atoms with Gasteiger partial charge in [0.25, 0.3) is 5.56 Å². The summed E-state index contributed by atoms with van der Waals surface area (Å²) in [5, 5.41) is 3.61. The monoisotopic (exact) mass is 299 g/mol. The van der Waals surface area contributed by atoms with Gasteiger partial charge in [-0.25, -0.2) is 4.98 Å². The summed E-state index contributed by atoms with van der Waals surface area (Å²) in [6.45, 7) is 2.20. The van der Waals surface area contributed by atoms with Crippen molar-refractivity contribution in [2.75, 3.05) is 0 Å². The van der Waals surface area contributed by atoms with Crippen LogP contribution in [-0.4, -0.2) is 21.5 Å². The number of hydrogen-bond donors (Lipinski definition) is 1. The molecule has 1 N–H and O–H groups in total. The van der Waals surface area contributed by atoms with Crippen LogP contribution in [0.3, 0.4) is 0 Å². The van der Waals surface area contributed by atoms with Gasteiger partial charge in [-0.2, -0.15) is 0 Å². The van der Waals surface area contributed by atoms with Crippen molar-refractivity contribution in [1.82, 2.24) is 14.9 Å². The molecule has 0 unspecified atom stereocenters. The van der Waals surface area contributed by atoms with E-state index in [0.29, 0.717) is 16.8 Å². The van der Waals surface area contributed by atoms with Crippen LogP contribution in [0.5, 0.6) is 0 Å². The summed E-state index contributed by atoms with van der Waals surface area (Å²) in [5.74, 6) is 0.391. The van der Waals surface area contributed by atoms with E-state index in [1.165, 1.54) is 17.3 Å². The number of benzene rings is 1. The maximum Gasteiger partial charge on any atom is 0.261 e. The van der Waals surface area contributed by atoms with Gasteiger partial charge in [-0.3, -0.25) is 14.2 Å². The van der Waals surface area contributed by atoms with E-state index < -0.39 is 0 Å². The number of amides is 1. The van der Waals surface area contributed by atoms with Gasteiger partial charge in [0.2, 0.25) is 5.91 Å². The fourth-order valence-corrected chi connectivity index (χ4v) is 3.16. The highest BCUT2D eigenvalue weighted by atomic mass is 16.2. The number of carbonyl (C=O) groups is 1. The number of rotatable bonds is 3. The average molecular weight is 299 g/mol. The minimum absolute atomic E-state index is 0.0277. The summed E-state index contributed by atoms with van der Waals surface area (Å²) in [6, 6.07) is 7.41. The second kappa shape index (κ2) is 6.30. The van der Waals surface area contributed by atoms with E-state index in [1.54, 1.807) is 18.2 Å². The predicted molar refractivity (Wildman–Crippen MR) is 85.6 cm³/mol. The highest BCUT2D eigenvalue weighted by Crippen LogP contribution is 2.23. The van der Waals surface area contributed by atoms with Gasteiger partial charge in [0.15, 0.2) is 0 Å². The first kappa shape index (κ1) is 14.8. The smallest absolute Gasteiger partial charge is 0.261 e. The number of para-hydroxylation sites is 1. The maximum absolute atomic E-state index is 12.4. The van der Waals surface area contributed by atoms with Gasteiger partial charge in [-0.15, -0.1) is 0 Å². The summed E-state index contributed by atoms with van der Waals surface area (Å²) in [4.78, 5) is 28.8. The van der Waals surface area contributed by atoms with Crippen LogP contribution in [-0.2, 0) is 11.3 Å². The molecule has 5 nitrogen and oxygen atoms in total. The second-order valence-electron chi connectivity index (χ2n) is 6.13. The van der Waals surface area contributed by atoms with Gasteiger partial charge in [0.1, 0.15) is 6.54 Å². The van der Waals surface area contributed by atoms with E-state index in [2.05, 4.69) is 17.2 Å². The molecule has 116 valence electrons. The zero-order valence-corrected chi connectivity index (χ0v) is 12.8. The van der Waals surface area contributed by atoms with Gasteiger partial charge in [0, 0.05) is 6.04 Å². The van der Waals surface area contributed by atoms with Crippen LogP contribution < -0.4 is 10.9 Å². The summed E-state index contributed by atoms with van der Waals surface area (Å²) in [6.07, 6.45) is 6.03. The molecule has 3 rings (SSSR count). The Morgan fingerprint density at radius 2 is 2.09 bits per heavy atom. The average Bonchev–Trinajstić information content (AvgIpc) is 2.53. The molecule has 5 heteroatoms. The molecule has 2 aromatic rings. The Bertz CT molecular complexity index is 738. The second-order valence-corrected chi connectivity index (χ2v) is 6.13. The molecule has 1 aromatic heterocycles. The molecule has 0 bridgehead atoms. The Labute approximate surface area is 129 Å². The number of hydrogen-bond acceptors (Lipinski definition) is 3. The Kier molecular flexibility index (Phi) is 4.22. The van der Waals surface area contributed by atoms with E-state index in [1.807, 2.05) is 6.07 Å². The van der Waals surface area contributed by atoms with E-state index >= 15 is 0 Å². The zero-order chi connectivity index (χ0) is 15.5. The molecule has 1 aromatic carbocycles. The van der Waals surface area contributed by atoms with Crippen LogP contribution in [0.15, 0.2) is 35.4 Å². The quantitative estimate of drug-likeness (QED) is 0.944. The van der Waals surface area contributed by atoms with E-state index in [4.69, 9.17) is 0 Å². The Hall–Kier alpha value is -2.17. The van der Waals surface area contributed by atoms with Crippen molar-refractivity contribution in [2.24, 2.45) is 5.92 Å². The molecule has 2 atom stereocenters. The third-order valence-corrected chi connectivity index (χ3v) is 4.50. The Morgan fingerprint density at radius 3 is 2.91 bits per heavy atom. The third-order valence-electron chi connectivity index (χ3n) is 4.50. The number of aromatic nitrogens is 2. The number of nitrogens with one attached hydrogen (secondary N) is 1. The molecule has 0 aliphatic heterocycles. The largest absolute Gasteiger partial charge is 0.352 e. The maximum atomic E-state index is 12.4. The fraction of sp³-hybridized carbons (Fsp3) is 0.471. The lowest BCUT2D eigenvalue weighted by molar-refractivity contribution is -0.123. The molecule has 1 heterocycles. The van der Waals surface area contributed by atoms with E-state index in [9.17, 15) is 9.59 Å². The lowest BCUT2D eigenvalue weighted by Gasteiger charge is -2.29. The van der Waals surface area contributed by atoms with Crippen molar-refractivity contribution in [3.63, 3.8) is 0 Å². The van der Waals surface area contributed by atoms with Crippen molar-refractivity contribution in [3.05, 3.63) is 40.9 Å². The summed E-state index contributed by atoms with van der Waals surface area (Å²) in [5.41, 5.74) is 0.488. The molecule has 1 saturated carbocycles. The van der Waals surface area contributed by atoms with Gasteiger partial charge in [0.05, 0.1) is 17.2 Å². The topological polar surface area (TPSA) is 64.0 Å². The van der Waals surface area contributed by atoms with Crippen LogP contribution in [0.4, 0.5) is 0 Å². The molecule has 22 heavy (non-hydrogen) atoms. The number of carbonyl (C=O) groups excluding carboxylic acids is 1. The van der Waals surface area contributed by atoms with E-state index in [0.717, 1.165) is 19.3 Å². The first-order chi connectivity index (χ1) is 10.6. The SMILES string of the molecule is C[C@@H]1CCCC[C@H]1NC(=O)Cn1cnc2ccccc2c1=O. The molecular formula is C17H21N3O2. The van der Waals surface area contributed by atoms with Gasteiger partial charge in [-0.05, 0) is 30.9 Å². The van der Waals surface area contributed by atoms with Crippen molar-refractivity contribution < 1.29 is 4.79 Å². The molecule has 1 amide bonds. The lowest BCUT2D eigenvalue weighted by atomic mass is 9.86. The fourth-order valence-electron chi connectivity index (χ4n) is 3.16. The summed E-state index contributed by atoms with van der Waals surface area (Å²) < 4.78 is 1.38. The zero-order valence-electron chi connectivity index (χ0n) is 12.8. The first-order valence-corrected chi connectivity index (χ1v) is 7.88. The van der Waals surface area contributed by atoms with Gasteiger partial charge < -0.3 is 5.32 Å². The summed E-state index contributed by atoms with van der Waals surface area (Å²) >= 11 is 0. The van der Waals surface area contributed by atoms with Crippen molar-refractivity contribution in [1.29, 1.82) is 0 Å². The molecule has 1 fully saturated rings. The Morgan fingerprint density at radius 1 is 1.32 bits per heavy atom. The van der Waals surface area contributed by atoms with Crippen molar-refractivity contribution in [3.8, 4) is 0 Å². The predicted octanol–water partition coefficient (Wildman–Crippen LogP) is 2.09.